The lowest BCUT2D eigenvalue weighted by atomic mass is 10.0. The molecule has 0 bridgehead atoms. The molecule has 0 amide bonds. The zero-order valence-corrected chi connectivity index (χ0v) is 11.9. The molecule has 5 N–H and O–H groups in total. The highest BCUT2D eigenvalue weighted by Gasteiger charge is 2.10. The molecule has 0 spiro atoms. The Balaban J connectivity index is 2.01. The third-order valence-electron chi connectivity index (χ3n) is 3.25. The molecule has 7 nitrogen and oxygen atoms in total. The molecule has 3 aromatic rings. The highest BCUT2D eigenvalue weighted by Crippen LogP contribution is 2.25. The molecule has 0 aliphatic carbocycles. The van der Waals surface area contributed by atoms with E-state index in [0.29, 0.717) is 23.3 Å². The monoisotopic (exact) mass is 283 g/mol. The largest absolute Gasteiger partial charge is 0.339 e. The Kier molecular flexibility index (Phi) is 3.41. The summed E-state index contributed by atoms with van der Waals surface area (Å²) in [7, 11) is 0. The summed E-state index contributed by atoms with van der Waals surface area (Å²) < 4.78 is 0. The van der Waals surface area contributed by atoms with Gasteiger partial charge in [-0.1, -0.05) is 26.0 Å². The topological polar surface area (TPSA) is 105 Å². The van der Waals surface area contributed by atoms with Crippen LogP contribution in [0, 0.1) is 0 Å². The Morgan fingerprint density at radius 1 is 1.24 bits per heavy atom. The maximum atomic E-state index is 5.40. The fourth-order valence-electron chi connectivity index (χ4n) is 2.11. The van der Waals surface area contributed by atoms with E-state index in [1.165, 1.54) is 5.56 Å². The van der Waals surface area contributed by atoms with Crippen molar-refractivity contribution in [1.82, 2.24) is 20.2 Å². The van der Waals surface area contributed by atoms with Gasteiger partial charge in [-0.05, 0) is 23.6 Å². The molecule has 2 aromatic heterocycles. The number of aromatic nitrogens is 4. The Morgan fingerprint density at radius 2 is 2.10 bits per heavy atom. The Hall–Kier alpha value is -2.67. The number of fused-ring (bicyclic) bond motifs is 1. The van der Waals surface area contributed by atoms with E-state index >= 15 is 0 Å². The second-order valence-corrected chi connectivity index (χ2v) is 5.08. The van der Waals surface area contributed by atoms with Gasteiger partial charge in [0, 0.05) is 5.69 Å². The van der Waals surface area contributed by atoms with Crippen molar-refractivity contribution in [2.75, 3.05) is 10.7 Å². The van der Waals surface area contributed by atoms with Gasteiger partial charge >= 0.3 is 0 Å². The number of hydrogen-bond acceptors (Lipinski definition) is 6. The second kappa shape index (κ2) is 5.37. The van der Waals surface area contributed by atoms with Crippen LogP contribution in [0.1, 0.15) is 25.3 Å². The van der Waals surface area contributed by atoms with E-state index in [2.05, 4.69) is 56.9 Å². The highest BCUT2D eigenvalue weighted by molar-refractivity contribution is 5.89. The van der Waals surface area contributed by atoms with Crippen LogP contribution in [0.25, 0.3) is 11.0 Å². The number of anilines is 3. The van der Waals surface area contributed by atoms with Gasteiger partial charge in [0.1, 0.15) is 5.82 Å². The molecule has 1 aromatic carbocycles. The molecule has 0 saturated heterocycles. The van der Waals surface area contributed by atoms with Gasteiger partial charge in [-0.2, -0.15) is 15.1 Å². The molecule has 7 heteroatoms. The molecule has 0 aliphatic heterocycles. The third-order valence-corrected chi connectivity index (χ3v) is 3.25. The van der Waals surface area contributed by atoms with Crippen LogP contribution in [0.2, 0.25) is 0 Å². The average molecular weight is 283 g/mol. The van der Waals surface area contributed by atoms with E-state index in [1.54, 1.807) is 6.20 Å². The fourth-order valence-corrected chi connectivity index (χ4v) is 2.11. The summed E-state index contributed by atoms with van der Waals surface area (Å²) >= 11 is 0. The summed E-state index contributed by atoms with van der Waals surface area (Å²) in [4.78, 5) is 8.54. The Bertz CT molecular complexity index is 763. The number of nitrogens with two attached hydrogens (primary N) is 1. The molecular weight excluding hydrogens is 266 g/mol. The normalized spacial score (nSPS) is 11.0. The first-order valence-electron chi connectivity index (χ1n) is 6.72. The van der Waals surface area contributed by atoms with E-state index in [0.717, 1.165) is 11.1 Å². The molecule has 21 heavy (non-hydrogen) atoms. The van der Waals surface area contributed by atoms with Crippen LogP contribution in [-0.4, -0.2) is 20.2 Å². The van der Waals surface area contributed by atoms with Gasteiger partial charge in [0.25, 0.3) is 0 Å². The van der Waals surface area contributed by atoms with E-state index < -0.39 is 0 Å². The van der Waals surface area contributed by atoms with Gasteiger partial charge in [-0.3, -0.25) is 10.5 Å². The number of nitrogens with one attached hydrogen (secondary N) is 3. The summed E-state index contributed by atoms with van der Waals surface area (Å²) in [5.74, 6) is 6.85. The summed E-state index contributed by atoms with van der Waals surface area (Å²) in [6.45, 7) is 4.32. The minimum atomic E-state index is 0.328. The Morgan fingerprint density at radius 3 is 2.86 bits per heavy atom. The lowest BCUT2D eigenvalue weighted by molar-refractivity contribution is 0.867. The molecule has 0 unspecified atom stereocenters. The maximum Gasteiger partial charge on any atom is 0.241 e. The van der Waals surface area contributed by atoms with Gasteiger partial charge in [0.15, 0.2) is 5.65 Å². The first-order valence-corrected chi connectivity index (χ1v) is 6.72. The summed E-state index contributed by atoms with van der Waals surface area (Å²) in [5.41, 5.74) is 5.30. The highest BCUT2D eigenvalue weighted by atomic mass is 15.3. The van der Waals surface area contributed by atoms with Crippen LogP contribution >= 0.6 is 0 Å². The number of aromatic amines is 1. The number of hydrazine groups is 1. The van der Waals surface area contributed by atoms with Crippen molar-refractivity contribution in [3.63, 3.8) is 0 Å². The van der Waals surface area contributed by atoms with Crippen LogP contribution in [0.3, 0.4) is 0 Å². The van der Waals surface area contributed by atoms with Crippen molar-refractivity contribution < 1.29 is 0 Å². The number of nitrogen functional groups attached to an aromatic ring is 1. The van der Waals surface area contributed by atoms with Crippen LogP contribution in [-0.2, 0) is 0 Å². The Labute approximate surface area is 122 Å². The lowest BCUT2D eigenvalue weighted by Gasteiger charge is -2.11. The number of hydrogen-bond donors (Lipinski definition) is 4. The first-order chi connectivity index (χ1) is 10.2. The molecule has 0 aliphatic rings. The van der Waals surface area contributed by atoms with E-state index in [9.17, 15) is 0 Å². The molecule has 0 atom stereocenters. The summed E-state index contributed by atoms with van der Waals surface area (Å²) in [6, 6.07) is 8.23. The first kappa shape index (κ1) is 13.3. The van der Waals surface area contributed by atoms with Gasteiger partial charge in [0.05, 0.1) is 11.6 Å². The van der Waals surface area contributed by atoms with Crippen LogP contribution in [0.4, 0.5) is 17.5 Å². The van der Waals surface area contributed by atoms with Crippen molar-refractivity contribution in [2.24, 2.45) is 5.84 Å². The molecule has 3 rings (SSSR count). The van der Waals surface area contributed by atoms with Gasteiger partial charge < -0.3 is 5.32 Å². The average Bonchev–Trinajstić information content (AvgIpc) is 2.96. The lowest BCUT2D eigenvalue weighted by Crippen LogP contribution is -2.11. The third kappa shape index (κ3) is 2.63. The van der Waals surface area contributed by atoms with Gasteiger partial charge in [0.2, 0.25) is 5.95 Å². The smallest absolute Gasteiger partial charge is 0.241 e. The number of rotatable bonds is 4. The minimum Gasteiger partial charge on any atom is -0.339 e. The SMILES string of the molecule is CC(C)c1cccc(Nc2nc(NN)nc3[nH]ncc23)c1. The molecule has 2 heterocycles. The minimum absolute atomic E-state index is 0.328. The van der Waals surface area contributed by atoms with Crippen molar-refractivity contribution >= 4 is 28.5 Å². The van der Waals surface area contributed by atoms with E-state index in [4.69, 9.17) is 5.84 Å². The van der Waals surface area contributed by atoms with Gasteiger partial charge in [-0.15, -0.1) is 0 Å². The fraction of sp³-hybridized carbons (Fsp3) is 0.214. The maximum absolute atomic E-state index is 5.40. The predicted molar refractivity (Wildman–Crippen MR) is 83.3 cm³/mol. The molecule has 0 radical (unpaired) electrons. The number of benzene rings is 1. The van der Waals surface area contributed by atoms with Crippen molar-refractivity contribution in [3.8, 4) is 0 Å². The van der Waals surface area contributed by atoms with E-state index in [-0.39, 0.29) is 0 Å². The van der Waals surface area contributed by atoms with Gasteiger partial charge in [-0.25, -0.2) is 5.84 Å². The number of nitrogens with zero attached hydrogens (tertiary/aromatic N) is 3. The molecule has 0 saturated carbocycles. The number of H-pyrrole nitrogens is 1. The summed E-state index contributed by atoms with van der Waals surface area (Å²) in [6.07, 6.45) is 1.68. The summed E-state index contributed by atoms with van der Waals surface area (Å²) in [5, 5.41) is 10.9. The van der Waals surface area contributed by atoms with Crippen molar-refractivity contribution in [1.29, 1.82) is 0 Å². The van der Waals surface area contributed by atoms with Crippen LogP contribution in [0.5, 0.6) is 0 Å². The van der Waals surface area contributed by atoms with Crippen molar-refractivity contribution in [2.45, 2.75) is 19.8 Å². The van der Waals surface area contributed by atoms with Crippen LogP contribution < -0.4 is 16.6 Å². The molecular formula is C14H17N7. The standard InChI is InChI=1S/C14H17N7/c1-8(2)9-4-3-5-10(6-9)17-12-11-7-16-21-13(11)19-14(18-12)20-15/h3-8H,15H2,1-2H3,(H3,16,17,18,19,20,21). The molecule has 0 fully saturated rings. The van der Waals surface area contributed by atoms with E-state index in [1.807, 2.05) is 12.1 Å². The van der Waals surface area contributed by atoms with Crippen LogP contribution in [0.15, 0.2) is 30.5 Å². The quantitative estimate of drug-likeness (QED) is 0.433. The zero-order valence-electron chi connectivity index (χ0n) is 11.9. The second-order valence-electron chi connectivity index (χ2n) is 5.08. The van der Waals surface area contributed by atoms with Crippen molar-refractivity contribution in [3.05, 3.63) is 36.0 Å². The predicted octanol–water partition coefficient (Wildman–Crippen LogP) is 2.51. The zero-order chi connectivity index (χ0) is 14.8. The molecule has 108 valence electrons.